The maximum atomic E-state index is 12.6. The molecule has 0 saturated carbocycles. The number of hydrogen-bond acceptors (Lipinski definition) is 6. The number of Topliss-reactive ketones (excluding diaryl/α,β-unsaturated/α-hetero) is 1. The molecule has 0 spiro atoms. The molecule has 1 aromatic heterocycles. The first-order valence-electron chi connectivity index (χ1n) is 8.45. The Morgan fingerprint density at radius 2 is 1.89 bits per heavy atom. The van der Waals surface area contributed by atoms with E-state index in [1.165, 1.54) is 18.5 Å². The number of fused-ring (bicyclic) bond motifs is 1. The van der Waals surface area contributed by atoms with E-state index in [2.05, 4.69) is 10.3 Å². The van der Waals surface area contributed by atoms with E-state index >= 15 is 0 Å². The number of amides is 1. The van der Waals surface area contributed by atoms with E-state index in [0.29, 0.717) is 23.2 Å². The van der Waals surface area contributed by atoms with Crippen LogP contribution in [0.25, 0.3) is 10.9 Å². The van der Waals surface area contributed by atoms with E-state index in [9.17, 15) is 24.5 Å². The van der Waals surface area contributed by atoms with Crippen molar-refractivity contribution in [2.24, 2.45) is 0 Å². The molecule has 28 heavy (non-hydrogen) atoms. The Morgan fingerprint density at radius 1 is 1.18 bits per heavy atom. The van der Waals surface area contributed by atoms with Crippen molar-refractivity contribution in [2.75, 3.05) is 5.32 Å². The summed E-state index contributed by atoms with van der Waals surface area (Å²) in [6.45, 7) is 1.47. The monoisotopic (exact) mass is 380 g/mol. The second-order valence-electron chi connectivity index (χ2n) is 6.04. The van der Waals surface area contributed by atoms with E-state index in [-0.39, 0.29) is 29.3 Å². The number of carbonyl (C=O) groups is 2. The molecule has 0 fully saturated rings. The standard InChI is InChI=1S/C19H16N4O5/c1-2-18(25)21-13-5-3-12(4-6-13)17(24)10-22-11-20-16-8-7-14(23(27)28)9-15(16)19(22)26/h3-9,11H,2,10H2,1H3,(H,21,25). The summed E-state index contributed by atoms with van der Waals surface area (Å²) in [7, 11) is 0. The van der Waals surface area contributed by atoms with Gasteiger partial charge in [0.1, 0.15) is 0 Å². The fraction of sp³-hybridized carbons (Fsp3) is 0.158. The molecule has 0 aliphatic carbocycles. The lowest BCUT2D eigenvalue weighted by atomic mass is 10.1. The normalized spacial score (nSPS) is 10.6. The summed E-state index contributed by atoms with van der Waals surface area (Å²) < 4.78 is 1.11. The van der Waals surface area contributed by atoms with Crippen molar-refractivity contribution in [3.05, 3.63) is 74.8 Å². The molecule has 0 unspecified atom stereocenters. The van der Waals surface area contributed by atoms with Crippen LogP contribution in [0.15, 0.2) is 53.6 Å². The minimum absolute atomic E-state index is 0.0714. The third-order valence-electron chi connectivity index (χ3n) is 4.14. The number of nitrogens with one attached hydrogen (secondary N) is 1. The molecule has 142 valence electrons. The Morgan fingerprint density at radius 3 is 2.54 bits per heavy atom. The zero-order chi connectivity index (χ0) is 20.3. The number of benzene rings is 2. The van der Waals surface area contributed by atoms with E-state index < -0.39 is 10.5 Å². The molecule has 3 aromatic rings. The average Bonchev–Trinajstić information content (AvgIpc) is 2.70. The molecular weight excluding hydrogens is 364 g/mol. The van der Waals surface area contributed by atoms with Crippen molar-refractivity contribution in [3.63, 3.8) is 0 Å². The molecule has 9 nitrogen and oxygen atoms in total. The van der Waals surface area contributed by atoms with Crippen molar-refractivity contribution < 1.29 is 14.5 Å². The molecule has 1 amide bonds. The predicted molar refractivity (Wildman–Crippen MR) is 102 cm³/mol. The lowest BCUT2D eigenvalue weighted by Crippen LogP contribution is -2.24. The van der Waals surface area contributed by atoms with Gasteiger partial charge in [-0.1, -0.05) is 6.92 Å². The molecule has 0 saturated heterocycles. The van der Waals surface area contributed by atoms with Gasteiger partial charge in [-0.2, -0.15) is 0 Å². The number of hydrogen-bond donors (Lipinski definition) is 1. The average molecular weight is 380 g/mol. The maximum Gasteiger partial charge on any atom is 0.270 e. The number of rotatable bonds is 6. The number of aromatic nitrogens is 2. The quantitative estimate of drug-likeness (QED) is 0.398. The highest BCUT2D eigenvalue weighted by Crippen LogP contribution is 2.16. The van der Waals surface area contributed by atoms with Crippen molar-refractivity contribution in [1.82, 2.24) is 9.55 Å². The Bertz CT molecular complexity index is 1140. The van der Waals surface area contributed by atoms with Gasteiger partial charge in [-0.05, 0) is 30.3 Å². The summed E-state index contributed by atoms with van der Waals surface area (Å²) in [5, 5.41) is 13.7. The van der Waals surface area contributed by atoms with Crippen LogP contribution in [0.1, 0.15) is 23.7 Å². The second kappa shape index (κ2) is 7.78. The summed E-state index contributed by atoms with van der Waals surface area (Å²) >= 11 is 0. The van der Waals surface area contributed by atoms with Crippen LogP contribution < -0.4 is 10.9 Å². The summed E-state index contributed by atoms with van der Waals surface area (Å²) in [5.41, 5.74) is 0.491. The number of nitrogens with zero attached hydrogens (tertiary/aromatic N) is 3. The second-order valence-corrected chi connectivity index (χ2v) is 6.04. The fourth-order valence-corrected chi connectivity index (χ4v) is 2.61. The van der Waals surface area contributed by atoms with Gasteiger partial charge in [0.2, 0.25) is 5.91 Å². The van der Waals surface area contributed by atoms with Gasteiger partial charge in [-0.15, -0.1) is 0 Å². The van der Waals surface area contributed by atoms with Crippen LogP contribution in [0.2, 0.25) is 0 Å². The molecular formula is C19H16N4O5. The van der Waals surface area contributed by atoms with Gasteiger partial charge in [0.15, 0.2) is 5.78 Å². The van der Waals surface area contributed by atoms with Gasteiger partial charge in [-0.25, -0.2) is 4.98 Å². The van der Waals surface area contributed by atoms with Crippen LogP contribution in [-0.2, 0) is 11.3 Å². The summed E-state index contributed by atoms with van der Waals surface area (Å²) in [4.78, 5) is 50.9. The number of ketones is 1. The Kier molecular flexibility index (Phi) is 5.25. The zero-order valence-electron chi connectivity index (χ0n) is 14.9. The van der Waals surface area contributed by atoms with Crippen LogP contribution in [0, 0.1) is 10.1 Å². The number of anilines is 1. The van der Waals surface area contributed by atoms with Crippen molar-refractivity contribution in [2.45, 2.75) is 19.9 Å². The molecule has 0 atom stereocenters. The minimum Gasteiger partial charge on any atom is -0.326 e. The zero-order valence-corrected chi connectivity index (χ0v) is 14.9. The summed E-state index contributed by atoms with van der Waals surface area (Å²) in [6.07, 6.45) is 1.58. The van der Waals surface area contributed by atoms with Crippen molar-refractivity contribution in [1.29, 1.82) is 0 Å². The van der Waals surface area contributed by atoms with Crippen LogP contribution in [0.4, 0.5) is 11.4 Å². The van der Waals surface area contributed by atoms with E-state index in [4.69, 9.17) is 0 Å². The third kappa shape index (κ3) is 3.93. The molecule has 0 radical (unpaired) electrons. The highest BCUT2D eigenvalue weighted by molar-refractivity contribution is 5.97. The maximum absolute atomic E-state index is 12.6. The van der Waals surface area contributed by atoms with Gasteiger partial charge in [-0.3, -0.25) is 29.1 Å². The van der Waals surface area contributed by atoms with Gasteiger partial charge < -0.3 is 5.32 Å². The van der Waals surface area contributed by atoms with E-state index in [1.54, 1.807) is 31.2 Å². The lowest BCUT2D eigenvalue weighted by molar-refractivity contribution is -0.384. The Hall–Kier alpha value is -3.88. The summed E-state index contributed by atoms with van der Waals surface area (Å²) in [6, 6.07) is 10.1. The van der Waals surface area contributed by atoms with Gasteiger partial charge in [0.25, 0.3) is 11.2 Å². The molecule has 1 heterocycles. The van der Waals surface area contributed by atoms with Crippen LogP contribution in [-0.4, -0.2) is 26.2 Å². The van der Waals surface area contributed by atoms with Gasteiger partial charge in [0, 0.05) is 29.8 Å². The van der Waals surface area contributed by atoms with Gasteiger partial charge in [0.05, 0.1) is 28.7 Å². The highest BCUT2D eigenvalue weighted by Gasteiger charge is 2.13. The molecule has 0 aliphatic rings. The highest BCUT2D eigenvalue weighted by atomic mass is 16.6. The Labute approximate surface area is 158 Å². The van der Waals surface area contributed by atoms with E-state index in [0.717, 1.165) is 10.6 Å². The van der Waals surface area contributed by atoms with Crippen LogP contribution >= 0.6 is 0 Å². The molecule has 9 heteroatoms. The minimum atomic E-state index is -0.597. The van der Waals surface area contributed by atoms with E-state index in [1.807, 2.05) is 0 Å². The van der Waals surface area contributed by atoms with Gasteiger partial charge >= 0.3 is 0 Å². The molecule has 0 bridgehead atoms. The largest absolute Gasteiger partial charge is 0.326 e. The lowest BCUT2D eigenvalue weighted by Gasteiger charge is -2.07. The number of carbonyl (C=O) groups excluding carboxylic acids is 2. The predicted octanol–water partition coefficient (Wildman–Crippen LogP) is 2.54. The molecule has 2 aromatic carbocycles. The topological polar surface area (TPSA) is 124 Å². The summed E-state index contributed by atoms with van der Waals surface area (Å²) in [5.74, 6) is -0.469. The first kappa shape index (κ1) is 18.9. The van der Waals surface area contributed by atoms with Crippen molar-refractivity contribution in [3.8, 4) is 0 Å². The number of nitro benzene ring substituents is 1. The fourth-order valence-electron chi connectivity index (χ4n) is 2.61. The first-order valence-corrected chi connectivity index (χ1v) is 8.45. The van der Waals surface area contributed by atoms with Crippen LogP contribution in [0.5, 0.6) is 0 Å². The molecule has 3 rings (SSSR count). The molecule has 1 N–H and O–H groups in total. The SMILES string of the molecule is CCC(=O)Nc1ccc(C(=O)Cn2cnc3ccc([N+](=O)[O-])cc3c2=O)cc1. The molecule has 0 aliphatic heterocycles. The number of nitro groups is 1. The number of non-ortho nitro benzene ring substituents is 1. The van der Waals surface area contributed by atoms with Crippen molar-refractivity contribution >= 4 is 34.0 Å². The smallest absolute Gasteiger partial charge is 0.270 e. The Balaban J connectivity index is 1.84. The first-order chi connectivity index (χ1) is 13.4. The third-order valence-corrected chi connectivity index (χ3v) is 4.14. The van der Waals surface area contributed by atoms with Crippen LogP contribution in [0.3, 0.4) is 0 Å².